The van der Waals surface area contributed by atoms with Gasteiger partial charge in [0.1, 0.15) is 5.60 Å². The lowest BCUT2D eigenvalue weighted by atomic mass is 10.0. The fourth-order valence-corrected chi connectivity index (χ4v) is 2.47. The Kier molecular flexibility index (Phi) is 3.41. The van der Waals surface area contributed by atoms with Crippen molar-refractivity contribution in [2.45, 2.75) is 25.0 Å². The van der Waals surface area contributed by atoms with Crippen LogP contribution >= 0.6 is 11.3 Å². The van der Waals surface area contributed by atoms with Crippen LogP contribution in [0.5, 0.6) is 0 Å². The Morgan fingerprint density at radius 1 is 1.73 bits per heavy atom. The predicted octanol–water partition coefficient (Wildman–Crippen LogP) is 1.55. The van der Waals surface area contributed by atoms with E-state index in [1.807, 2.05) is 0 Å². The van der Waals surface area contributed by atoms with Crippen LogP contribution in [0.2, 0.25) is 0 Å². The van der Waals surface area contributed by atoms with Crippen molar-refractivity contribution >= 4 is 11.3 Å². The summed E-state index contributed by atoms with van der Waals surface area (Å²) in [5.74, 6) is 0. The second-order valence-electron chi connectivity index (χ2n) is 4.19. The first-order valence-corrected chi connectivity index (χ1v) is 6.19. The minimum Gasteiger partial charge on any atom is -0.386 e. The molecule has 0 aromatic carbocycles. The van der Waals surface area contributed by atoms with Crippen LogP contribution in [0.15, 0.2) is 16.8 Å². The van der Waals surface area contributed by atoms with Crippen molar-refractivity contribution in [1.82, 2.24) is 5.32 Å². The van der Waals surface area contributed by atoms with Gasteiger partial charge in [0, 0.05) is 25.6 Å². The SMILES string of the molecule is CC(NCC1(O)CCOC1)c1ccsc1. The first-order chi connectivity index (χ1) is 7.20. The van der Waals surface area contributed by atoms with Gasteiger partial charge in [-0.3, -0.25) is 0 Å². The van der Waals surface area contributed by atoms with Crippen LogP contribution < -0.4 is 5.32 Å². The first kappa shape index (κ1) is 11.1. The standard InChI is InChI=1S/C11H17NO2S/c1-9(10-2-5-15-6-10)12-7-11(13)3-4-14-8-11/h2,5-6,9,12-13H,3-4,7-8H2,1H3. The van der Waals surface area contributed by atoms with Gasteiger partial charge in [-0.2, -0.15) is 11.3 Å². The van der Waals surface area contributed by atoms with Gasteiger partial charge in [0.25, 0.3) is 0 Å². The molecule has 0 spiro atoms. The Hall–Kier alpha value is -0.420. The van der Waals surface area contributed by atoms with Crippen LogP contribution in [0.1, 0.15) is 24.9 Å². The van der Waals surface area contributed by atoms with Gasteiger partial charge in [0.2, 0.25) is 0 Å². The molecule has 2 unspecified atom stereocenters. The van der Waals surface area contributed by atoms with Crippen molar-refractivity contribution in [3.63, 3.8) is 0 Å². The Morgan fingerprint density at radius 2 is 2.60 bits per heavy atom. The van der Waals surface area contributed by atoms with E-state index in [0.29, 0.717) is 25.8 Å². The molecule has 2 rings (SSSR count). The van der Waals surface area contributed by atoms with Gasteiger partial charge >= 0.3 is 0 Å². The summed E-state index contributed by atoms with van der Waals surface area (Å²) in [4.78, 5) is 0. The zero-order chi connectivity index (χ0) is 10.7. The molecular weight excluding hydrogens is 210 g/mol. The quantitative estimate of drug-likeness (QED) is 0.820. The Balaban J connectivity index is 1.83. The van der Waals surface area contributed by atoms with E-state index in [2.05, 4.69) is 29.1 Å². The molecular formula is C11H17NO2S. The zero-order valence-electron chi connectivity index (χ0n) is 8.90. The lowest BCUT2D eigenvalue weighted by Crippen LogP contribution is -2.41. The van der Waals surface area contributed by atoms with Crippen LogP contribution in [0.3, 0.4) is 0 Å². The summed E-state index contributed by atoms with van der Waals surface area (Å²) < 4.78 is 5.20. The predicted molar refractivity (Wildman–Crippen MR) is 61.1 cm³/mol. The summed E-state index contributed by atoms with van der Waals surface area (Å²) in [6.45, 7) is 3.84. The van der Waals surface area contributed by atoms with Crippen LogP contribution in [-0.2, 0) is 4.74 Å². The number of ether oxygens (including phenoxy) is 1. The van der Waals surface area contributed by atoms with Crippen LogP contribution in [-0.4, -0.2) is 30.5 Å². The summed E-state index contributed by atoms with van der Waals surface area (Å²) in [6.07, 6.45) is 0.732. The van der Waals surface area contributed by atoms with Gasteiger partial charge in [-0.05, 0) is 29.3 Å². The highest BCUT2D eigenvalue weighted by Crippen LogP contribution is 2.20. The largest absolute Gasteiger partial charge is 0.386 e. The van der Waals surface area contributed by atoms with Crippen molar-refractivity contribution < 1.29 is 9.84 Å². The number of aliphatic hydroxyl groups is 1. The van der Waals surface area contributed by atoms with Gasteiger partial charge in [0.15, 0.2) is 0 Å². The van der Waals surface area contributed by atoms with Gasteiger partial charge in [-0.25, -0.2) is 0 Å². The molecule has 2 atom stereocenters. The molecule has 1 aliphatic heterocycles. The molecule has 3 nitrogen and oxygen atoms in total. The smallest absolute Gasteiger partial charge is 0.103 e. The number of rotatable bonds is 4. The molecule has 84 valence electrons. The van der Waals surface area contributed by atoms with Gasteiger partial charge in [-0.1, -0.05) is 0 Å². The average molecular weight is 227 g/mol. The molecule has 1 aromatic heterocycles. The van der Waals surface area contributed by atoms with E-state index in [-0.39, 0.29) is 0 Å². The Labute approximate surface area is 94.1 Å². The number of nitrogens with one attached hydrogen (secondary N) is 1. The van der Waals surface area contributed by atoms with E-state index in [4.69, 9.17) is 4.74 Å². The molecule has 2 N–H and O–H groups in total. The molecule has 0 bridgehead atoms. The molecule has 1 saturated heterocycles. The van der Waals surface area contributed by atoms with Crippen LogP contribution in [0.25, 0.3) is 0 Å². The molecule has 1 aliphatic rings. The second-order valence-corrected chi connectivity index (χ2v) is 4.97. The number of hydrogen-bond donors (Lipinski definition) is 2. The number of hydrogen-bond acceptors (Lipinski definition) is 4. The number of thiophene rings is 1. The lowest BCUT2D eigenvalue weighted by molar-refractivity contribution is 0.0252. The molecule has 1 fully saturated rings. The van der Waals surface area contributed by atoms with E-state index in [0.717, 1.165) is 6.42 Å². The van der Waals surface area contributed by atoms with Gasteiger partial charge in [0.05, 0.1) is 6.61 Å². The minimum atomic E-state index is -0.662. The van der Waals surface area contributed by atoms with Gasteiger partial charge in [-0.15, -0.1) is 0 Å². The van der Waals surface area contributed by atoms with E-state index < -0.39 is 5.60 Å². The van der Waals surface area contributed by atoms with E-state index in [9.17, 15) is 5.11 Å². The van der Waals surface area contributed by atoms with E-state index in [1.54, 1.807) is 11.3 Å². The molecule has 0 amide bonds. The third-order valence-corrected chi connectivity index (χ3v) is 3.56. The normalized spacial score (nSPS) is 28.1. The highest BCUT2D eigenvalue weighted by atomic mass is 32.1. The van der Waals surface area contributed by atoms with Crippen molar-refractivity contribution in [3.05, 3.63) is 22.4 Å². The fraction of sp³-hybridized carbons (Fsp3) is 0.636. The molecule has 15 heavy (non-hydrogen) atoms. The van der Waals surface area contributed by atoms with Crippen molar-refractivity contribution in [1.29, 1.82) is 0 Å². The minimum absolute atomic E-state index is 0.292. The average Bonchev–Trinajstić information content (AvgIpc) is 2.85. The highest BCUT2D eigenvalue weighted by molar-refractivity contribution is 7.07. The summed E-state index contributed by atoms with van der Waals surface area (Å²) in [5.41, 5.74) is 0.618. The van der Waals surface area contributed by atoms with Crippen LogP contribution in [0, 0.1) is 0 Å². The van der Waals surface area contributed by atoms with Crippen molar-refractivity contribution in [2.75, 3.05) is 19.8 Å². The van der Waals surface area contributed by atoms with Crippen molar-refractivity contribution in [3.8, 4) is 0 Å². The monoisotopic (exact) mass is 227 g/mol. The molecule has 0 aliphatic carbocycles. The molecule has 0 saturated carbocycles. The summed E-state index contributed by atoms with van der Waals surface area (Å²) in [6, 6.07) is 2.40. The van der Waals surface area contributed by atoms with Gasteiger partial charge < -0.3 is 15.2 Å². The second kappa shape index (κ2) is 4.61. The lowest BCUT2D eigenvalue weighted by Gasteiger charge is -2.23. The fourth-order valence-electron chi connectivity index (χ4n) is 1.72. The maximum absolute atomic E-state index is 10.1. The molecule has 1 aromatic rings. The summed E-state index contributed by atoms with van der Waals surface area (Å²) in [7, 11) is 0. The van der Waals surface area contributed by atoms with E-state index >= 15 is 0 Å². The highest BCUT2D eigenvalue weighted by Gasteiger charge is 2.32. The molecule has 4 heteroatoms. The Morgan fingerprint density at radius 3 is 3.20 bits per heavy atom. The van der Waals surface area contributed by atoms with E-state index in [1.165, 1.54) is 5.56 Å². The van der Waals surface area contributed by atoms with Crippen LogP contribution in [0.4, 0.5) is 0 Å². The zero-order valence-corrected chi connectivity index (χ0v) is 9.72. The topological polar surface area (TPSA) is 41.5 Å². The summed E-state index contributed by atoms with van der Waals surface area (Å²) >= 11 is 1.70. The third kappa shape index (κ3) is 2.78. The van der Waals surface area contributed by atoms with Crippen molar-refractivity contribution in [2.24, 2.45) is 0 Å². The maximum atomic E-state index is 10.1. The molecule has 0 radical (unpaired) electrons. The first-order valence-electron chi connectivity index (χ1n) is 5.25. The maximum Gasteiger partial charge on any atom is 0.103 e. The third-order valence-electron chi connectivity index (χ3n) is 2.86. The Bertz CT molecular complexity index is 294. The molecule has 2 heterocycles. The summed E-state index contributed by atoms with van der Waals surface area (Å²) in [5, 5.41) is 17.6.